The lowest BCUT2D eigenvalue weighted by atomic mass is 10.1. The molecule has 0 unspecified atom stereocenters. The van der Waals surface area contributed by atoms with Crippen molar-refractivity contribution in [3.63, 3.8) is 0 Å². The zero-order chi connectivity index (χ0) is 19.4. The summed E-state index contributed by atoms with van der Waals surface area (Å²) < 4.78 is 19.3. The van der Waals surface area contributed by atoms with Crippen molar-refractivity contribution >= 4 is 28.3 Å². The summed E-state index contributed by atoms with van der Waals surface area (Å²) in [6, 6.07) is 12.4. The molecule has 27 heavy (non-hydrogen) atoms. The lowest BCUT2D eigenvalue weighted by molar-refractivity contribution is -0.139. The Kier molecular flexibility index (Phi) is 5.25. The Labute approximate surface area is 153 Å². The largest absolute Gasteiger partial charge is 0.469 e. The predicted molar refractivity (Wildman–Crippen MR) is 96.8 cm³/mol. The predicted octanol–water partition coefficient (Wildman–Crippen LogP) is 1.89. The lowest BCUT2D eigenvalue weighted by Crippen LogP contribution is -2.31. The van der Waals surface area contributed by atoms with Crippen LogP contribution in [0.4, 0.5) is 10.1 Å². The van der Waals surface area contributed by atoms with Crippen molar-refractivity contribution in [3.05, 3.63) is 70.4 Å². The molecule has 0 bridgehead atoms. The van der Waals surface area contributed by atoms with Crippen LogP contribution < -0.4 is 10.9 Å². The van der Waals surface area contributed by atoms with Gasteiger partial charge in [-0.3, -0.25) is 14.4 Å². The molecule has 1 N–H and O–H groups in total. The molecule has 0 aliphatic carbocycles. The minimum absolute atomic E-state index is 0.00567. The number of carbonyl (C=O) groups excluding carboxylic acids is 2. The van der Waals surface area contributed by atoms with Gasteiger partial charge < -0.3 is 10.1 Å². The number of aromatic nitrogens is 2. The fourth-order valence-corrected chi connectivity index (χ4v) is 2.64. The number of benzene rings is 2. The van der Waals surface area contributed by atoms with Crippen molar-refractivity contribution in [2.45, 2.75) is 13.0 Å². The third-order valence-electron chi connectivity index (χ3n) is 3.93. The first-order valence-corrected chi connectivity index (χ1v) is 8.09. The normalized spacial score (nSPS) is 10.6. The zero-order valence-electron chi connectivity index (χ0n) is 14.4. The van der Waals surface area contributed by atoms with Crippen LogP contribution in [-0.2, 0) is 27.3 Å². The van der Waals surface area contributed by atoms with Crippen LogP contribution in [0.1, 0.15) is 5.69 Å². The number of hydrogen-bond acceptors (Lipinski definition) is 5. The molecule has 0 aliphatic rings. The van der Waals surface area contributed by atoms with Crippen LogP contribution in [0.3, 0.4) is 0 Å². The summed E-state index contributed by atoms with van der Waals surface area (Å²) in [7, 11) is 1.25. The summed E-state index contributed by atoms with van der Waals surface area (Å²) in [6.07, 6.45) is -0.147. The van der Waals surface area contributed by atoms with Gasteiger partial charge in [-0.2, -0.15) is 5.10 Å². The van der Waals surface area contributed by atoms with Gasteiger partial charge in [-0.15, -0.1) is 0 Å². The van der Waals surface area contributed by atoms with E-state index in [-0.39, 0.29) is 12.1 Å². The first kappa shape index (κ1) is 18.2. The average molecular weight is 369 g/mol. The number of carbonyl (C=O) groups is 2. The topological polar surface area (TPSA) is 90.3 Å². The van der Waals surface area contributed by atoms with Crippen LogP contribution in [0.15, 0.2) is 53.3 Å². The number of amides is 1. The number of rotatable bonds is 5. The van der Waals surface area contributed by atoms with Crippen LogP contribution >= 0.6 is 0 Å². The fraction of sp³-hybridized carbons (Fsp3) is 0.158. The van der Waals surface area contributed by atoms with E-state index >= 15 is 0 Å². The van der Waals surface area contributed by atoms with Crippen LogP contribution in [0.25, 0.3) is 10.8 Å². The van der Waals surface area contributed by atoms with E-state index in [0.717, 1.165) is 4.68 Å². The van der Waals surface area contributed by atoms with E-state index in [0.29, 0.717) is 16.5 Å². The van der Waals surface area contributed by atoms with Crippen molar-refractivity contribution in [2.75, 3.05) is 12.4 Å². The highest BCUT2D eigenvalue weighted by molar-refractivity contribution is 5.91. The summed E-state index contributed by atoms with van der Waals surface area (Å²) in [5.41, 5.74) is -0.162. The zero-order valence-corrected chi connectivity index (χ0v) is 14.4. The molecule has 0 radical (unpaired) electrons. The molecule has 0 fully saturated rings. The van der Waals surface area contributed by atoms with Gasteiger partial charge in [-0.1, -0.05) is 30.3 Å². The molecule has 1 amide bonds. The minimum atomic E-state index is -0.617. The van der Waals surface area contributed by atoms with Gasteiger partial charge in [-0.05, 0) is 18.2 Å². The number of nitrogens with zero attached hydrogens (tertiary/aromatic N) is 2. The van der Waals surface area contributed by atoms with E-state index in [1.54, 1.807) is 30.3 Å². The van der Waals surface area contributed by atoms with Crippen LogP contribution in [0.5, 0.6) is 0 Å². The van der Waals surface area contributed by atoms with E-state index < -0.39 is 29.8 Å². The number of methoxy groups -OCH3 is 1. The summed E-state index contributed by atoms with van der Waals surface area (Å²) in [4.78, 5) is 36.5. The van der Waals surface area contributed by atoms with Gasteiger partial charge in [0.1, 0.15) is 12.4 Å². The maximum absolute atomic E-state index is 13.7. The molecule has 1 aromatic heterocycles. The number of anilines is 1. The molecule has 0 atom stereocenters. The van der Waals surface area contributed by atoms with Gasteiger partial charge in [0.05, 0.1) is 30.3 Å². The lowest BCUT2D eigenvalue weighted by Gasteiger charge is -2.11. The molecule has 0 spiro atoms. The number of esters is 1. The number of hydrogen-bond donors (Lipinski definition) is 1. The van der Waals surface area contributed by atoms with E-state index in [9.17, 15) is 18.8 Å². The van der Waals surface area contributed by atoms with Gasteiger partial charge >= 0.3 is 5.97 Å². The van der Waals surface area contributed by atoms with Crippen molar-refractivity contribution in [1.29, 1.82) is 0 Å². The van der Waals surface area contributed by atoms with Gasteiger partial charge in [-0.25, -0.2) is 9.07 Å². The smallest absolute Gasteiger partial charge is 0.311 e. The highest BCUT2D eigenvalue weighted by Gasteiger charge is 2.16. The molecule has 8 heteroatoms. The SMILES string of the molecule is COC(=O)Cc1nn(CC(=O)Nc2ccccc2F)c(=O)c2ccccc12. The molecular weight excluding hydrogens is 353 g/mol. The van der Waals surface area contributed by atoms with Crippen molar-refractivity contribution in [1.82, 2.24) is 9.78 Å². The van der Waals surface area contributed by atoms with E-state index in [2.05, 4.69) is 15.2 Å². The first-order chi connectivity index (χ1) is 13.0. The Morgan fingerprint density at radius 2 is 1.78 bits per heavy atom. The second-order valence-corrected chi connectivity index (χ2v) is 5.74. The third-order valence-corrected chi connectivity index (χ3v) is 3.93. The molecule has 138 valence electrons. The van der Waals surface area contributed by atoms with Crippen molar-refractivity contribution in [3.8, 4) is 0 Å². The number of para-hydroxylation sites is 1. The van der Waals surface area contributed by atoms with Gasteiger partial charge in [0.25, 0.3) is 5.56 Å². The average Bonchev–Trinajstić information content (AvgIpc) is 2.67. The maximum Gasteiger partial charge on any atom is 0.311 e. The minimum Gasteiger partial charge on any atom is -0.469 e. The Hall–Kier alpha value is -3.55. The molecule has 1 heterocycles. The molecule has 0 saturated carbocycles. The number of ether oxygens (including phenoxy) is 1. The van der Waals surface area contributed by atoms with Gasteiger partial charge in [0.15, 0.2) is 0 Å². The Balaban J connectivity index is 1.95. The molecule has 3 rings (SSSR count). The molecule has 7 nitrogen and oxygen atoms in total. The van der Waals surface area contributed by atoms with Crippen molar-refractivity contribution < 1.29 is 18.7 Å². The second-order valence-electron chi connectivity index (χ2n) is 5.74. The Bertz CT molecular complexity index is 1080. The second kappa shape index (κ2) is 7.77. The van der Waals surface area contributed by atoms with Crippen LogP contribution in [0, 0.1) is 5.82 Å². The van der Waals surface area contributed by atoms with Crippen LogP contribution in [-0.4, -0.2) is 28.8 Å². The van der Waals surface area contributed by atoms with E-state index in [1.807, 2.05) is 0 Å². The van der Waals surface area contributed by atoms with Crippen LogP contribution in [0.2, 0.25) is 0 Å². The molecule has 3 aromatic rings. The number of nitrogens with one attached hydrogen (secondary N) is 1. The Morgan fingerprint density at radius 1 is 1.11 bits per heavy atom. The molecule has 0 saturated heterocycles. The fourth-order valence-electron chi connectivity index (χ4n) is 2.64. The standard InChI is InChI=1S/C19H16FN3O4/c1-27-18(25)10-16-12-6-2-3-7-13(12)19(26)23(22-16)11-17(24)21-15-9-5-4-8-14(15)20/h2-9H,10-11H2,1H3,(H,21,24). The number of halogens is 1. The molecular formula is C19H16FN3O4. The van der Waals surface area contributed by atoms with E-state index in [1.165, 1.54) is 25.3 Å². The summed E-state index contributed by atoms with van der Waals surface area (Å²) in [5, 5.41) is 7.38. The van der Waals surface area contributed by atoms with Crippen molar-refractivity contribution in [2.24, 2.45) is 0 Å². The number of fused-ring (bicyclic) bond motifs is 1. The van der Waals surface area contributed by atoms with E-state index in [4.69, 9.17) is 0 Å². The quantitative estimate of drug-likeness (QED) is 0.694. The molecule has 0 aliphatic heterocycles. The highest BCUT2D eigenvalue weighted by Crippen LogP contribution is 2.15. The third kappa shape index (κ3) is 4.00. The van der Waals surface area contributed by atoms with Gasteiger partial charge in [0, 0.05) is 5.39 Å². The summed E-state index contributed by atoms with van der Waals surface area (Å²) in [5.74, 6) is -1.72. The summed E-state index contributed by atoms with van der Waals surface area (Å²) >= 11 is 0. The first-order valence-electron chi connectivity index (χ1n) is 8.09. The summed E-state index contributed by atoms with van der Waals surface area (Å²) in [6.45, 7) is -0.424. The Morgan fingerprint density at radius 3 is 2.48 bits per heavy atom. The molecule has 2 aromatic carbocycles. The highest BCUT2D eigenvalue weighted by atomic mass is 19.1. The maximum atomic E-state index is 13.7. The van der Waals surface area contributed by atoms with Gasteiger partial charge in [0.2, 0.25) is 5.91 Å². The monoisotopic (exact) mass is 369 g/mol.